The Bertz CT molecular complexity index is 570. The van der Waals surface area contributed by atoms with E-state index >= 15 is 0 Å². The van der Waals surface area contributed by atoms with Gasteiger partial charge in [0, 0.05) is 31.4 Å². The van der Waals surface area contributed by atoms with Crippen LogP contribution in [0.15, 0.2) is 11.4 Å². The lowest BCUT2D eigenvalue weighted by molar-refractivity contribution is -0.132. The number of nitrogens with zero attached hydrogens (tertiary/aromatic N) is 1. The number of hydrogen-bond donors (Lipinski definition) is 2. The average Bonchev–Trinajstić information content (AvgIpc) is 2.89. The van der Waals surface area contributed by atoms with Crippen LogP contribution < -0.4 is 11.1 Å². The molecule has 6 heteroatoms. The van der Waals surface area contributed by atoms with Gasteiger partial charge < -0.3 is 16.0 Å². The second-order valence-electron chi connectivity index (χ2n) is 4.69. The van der Waals surface area contributed by atoms with Crippen molar-refractivity contribution in [1.29, 1.82) is 0 Å². The van der Waals surface area contributed by atoms with Crippen LogP contribution in [-0.2, 0) is 4.79 Å². The normalized spacial score (nSPS) is 18.4. The van der Waals surface area contributed by atoms with E-state index in [0.717, 1.165) is 4.88 Å². The van der Waals surface area contributed by atoms with Crippen LogP contribution in [0.1, 0.15) is 28.1 Å². The van der Waals surface area contributed by atoms with E-state index in [-0.39, 0.29) is 17.9 Å². The lowest BCUT2D eigenvalue weighted by Gasteiger charge is -2.30. The number of likely N-dealkylation sites (tertiary alicyclic amines) is 1. The fourth-order valence-corrected chi connectivity index (χ4v) is 2.81. The van der Waals surface area contributed by atoms with E-state index in [4.69, 9.17) is 5.73 Å². The Morgan fingerprint density at radius 2 is 2.45 bits per heavy atom. The summed E-state index contributed by atoms with van der Waals surface area (Å²) in [5.74, 6) is 5.68. The third-order valence-corrected chi connectivity index (χ3v) is 3.98. The Morgan fingerprint density at radius 3 is 3.15 bits per heavy atom. The molecule has 0 saturated carbocycles. The fraction of sp³-hybridized carbons (Fsp3) is 0.429. The highest BCUT2D eigenvalue weighted by atomic mass is 32.1. The highest BCUT2D eigenvalue weighted by Gasteiger charge is 2.24. The zero-order valence-electron chi connectivity index (χ0n) is 11.3. The Labute approximate surface area is 122 Å². The Morgan fingerprint density at radius 1 is 1.65 bits per heavy atom. The summed E-state index contributed by atoms with van der Waals surface area (Å²) in [4.78, 5) is 26.0. The minimum Gasteiger partial charge on any atom is -0.347 e. The van der Waals surface area contributed by atoms with Gasteiger partial charge in [-0.3, -0.25) is 9.59 Å². The van der Waals surface area contributed by atoms with Crippen molar-refractivity contribution >= 4 is 23.2 Å². The van der Waals surface area contributed by atoms with Crippen molar-refractivity contribution in [3.8, 4) is 11.8 Å². The molecule has 0 aliphatic carbocycles. The summed E-state index contributed by atoms with van der Waals surface area (Å²) >= 11 is 1.43. The van der Waals surface area contributed by atoms with Gasteiger partial charge in [0.2, 0.25) is 5.91 Å². The smallest absolute Gasteiger partial charge is 0.252 e. The second-order valence-corrected chi connectivity index (χ2v) is 5.60. The summed E-state index contributed by atoms with van der Waals surface area (Å²) in [7, 11) is 1.76. The quantitative estimate of drug-likeness (QED) is 0.775. The van der Waals surface area contributed by atoms with Gasteiger partial charge in [0.1, 0.15) is 0 Å². The van der Waals surface area contributed by atoms with Crippen LogP contribution in [0, 0.1) is 11.8 Å². The highest BCUT2D eigenvalue weighted by Crippen LogP contribution is 2.15. The number of thiophene rings is 1. The van der Waals surface area contributed by atoms with Crippen molar-refractivity contribution in [3.63, 3.8) is 0 Å². The zero-order valence-corrected chi connectivity index (χ0v) is 12.1. The Kier molecular flexibility index (Phi) is 4.77. The summed E-state index contributed by atoms with van der Waals surface area (Å²) in [6.07, 6.45) is 1.18. The third-order valence-electron chi connectivity index (χ3n) is 3.14. The van der Waals surface area contributed by atoms with Crippen molar-refractivity contribution in [1.82, 2.24) is 10.2 Å². The van der Waals surface area contributed by atoms with Gasteiger partial charge in [0.05, 0.1) is 17.0 Å². The number of carbonyl (C=O) groups is 2. The van der Waals surface area contributed by atoms with Gasteiger partial charge in [-0.2, -0.15) is 0 Å². The van der Waals surface area contributed by atoms with Gasteiger partial charge in [-0.15, -0.1) is 11.3 Å². The molecule has 0 aromatic carbocycles. The maximum Gasteiger partial charge on any atom is 0.252 e. The first kappa shape index (κ1) is 14.6. The van der Waals surface area contributed by atoms with Crippen molar-refractivity contribution < 1.29 is 9.59 Å². The molecule has 5 nitrogen and oxygen atoms in total. The summed E-state index contributed by atoms with van der Waals surface area (Å²) in [6.45, 7) is 0.871. The van der Waals surface area contributed by atoms with Gasteiger partial charge in [0.25, 0.3) is 5.91 Å². The van der Waals surface area contributed by atoms with E-state index in [0.29, 0.717) is 31.5 Å². The maximum absolute atomic E-state index is 12.1. The number of piperidine rings is 1. The van der Waals surface area contributed by atoms with E-state index < -0.39 is 0 Å². The number of rotatable bonds is 2. The van der Waals surface area contributed by atoms with Crippen LogP contribution in [0.25, 0.3) is 0 Å². The molecule has 1 saturated heterocycles. The number of nitrogens with one attached hydrogen (secondary N) is 1. The van der Waals surface area contributed by atoms with Gasteiger partial charge in [0.15, 0.2) is 0 Å². The first-order valence-electron chi connectivity index (χ1n) is 6.42. The highest BCUT2D eigenvalue weighted by molar-refractivity contribution is 7.10. The zero-order chi connectivity index (χ0) is 14.5. The van der Waals surface area contributed by atoms with Crippen molar-refractivity contribution in [2.75, 3.05) is 20.1 Å². The molecule has 0 spiro atoms. The van der Waals surface area contributed by atoms with E-state index in [1.807, 2.05) is 0 Å². The molecular formula is C14H17N3O2S. The van der Waals surface area contributed by atoms with Crippen LogP contribution in [-0.4, -0.2) is 42.9 Å². The molecule has 1 aliphatic rings. The molecular weight excluding hydrogens is 274 g/mol. The van der Waals surface area contributed by atoms with Gasteiger partial charge in [-0.25, -0.2) is 0 Å². The van der Waals surface area contributed by atoms with Crippen molar-refractivity contribution in [2.45, 2.75) is 18.9 Å². The predicted octanol–water partition coefficient (Wildman–Crippen LogP) is 0.409. The van der Waals surface area contributed by atoms with Crippen LogP contribution in [0.4, 0.5) is 0 Å². The van der Waals surface area contributed by atoms with Gasteiger partial charge >= 0.3 is 0 Å². The number of nitrogens with two attached hydrogens (primary N) is 1. The Hall–Kier alpha value is -1.84. The molecule has 1 aliphatic heterocycles. The molecule has 0 bridgehead atoms. The van der Waals surface area contributed by atoms with E-state index in [2.05, 4.69) is 17.2 Å². The fourth-order valence-electron chi connectivity index (χ4n) is 2.06. The molecule has 1 aromatic rings. The molecule has 0 radical (unpaired) electrons. The number of hydrogen-bond acceptors (Lipinski definition) is 4. The number of amides is 2. The minimum atomic E-state index is -0.116. The van der Waals surface area contributed by atoms with Crippen LogP contribution in [0.2, 0.25) is 0 Å². The lowest BCUT2D eigenvalue weighted by atomic mass is 10.1. The monoisotopic (exact) mass is 291 g/mol. The first-order chi connectivity index (χ1) is 9.60. The lowest BCUT2D eigenvalue weighted by Crippen LogP contribution is -2.48. The second kappa shape index (κ2) is 6.55. The molecule has 1 unspecified atom stereocenters. The summed E-state index contributed by atoms with van der Waals surface area (Å²) < 4.78 is 0. The van der Waals surface area contributed by atoms with Crippen LogP contribution in [0.3, 0.4) is 0 Å². The molecule has 2 amide bonds. The van der Waals surface area contributed by atoms with Gasteiger partial charge in [-0.1, -0.05) is 11.8 Å². The summed E-state index contributed by atoms with van der Waals surface area (Å²) in [6, 6.07) is 1.78. The molecule has 2 rings (SSSR count). The van der Waals surface area contributed by atoms with E-state index in [9.17, 15) is 9.59 Å². The molecule has 20 heavy (non-hydrogen) atoms. The molecule has 2 heterocycles. The topological polar surface area (TPSA) is 75.4 Å². The molecule has 1 atom stereocenters. The van der Waals surface area contributed by atoms with Crippen LogP contribution in [0.5, 0.6) is 0 Å². The average molecular weight is 291 g/mol. The summed E-state index contributed by atoms with van der Waals surface area (Å²) in [5, 5.41) is 4.74. The number of carbonyl (C=O) groups excluding carboxylic acids is 2. The minimum absolute atomic E-state index is 0.0173. The first-order valence-corrected chi connectivity index (χ1v) is 7.30. The van der Waals surface area contributed by atoms with Crippen molar-refractivity contribution in [3.05, 3.63) is 21.9 Å². The van der Waals surface area contributed by atoms with Crippen LogP contribution >= 0.6 is 11.3 Å². The maximum atomic E-state index is 12.1. The summed E-state index contributed by atoms with van der Waals surface area (Å²) in [5.41, 5.74) is 5.92. The van der Waals surface area contributed by atoms with Crippen molar-refractivity contribution in [2.24, 2.45) is 5.73 Å². The third kappa shape index (κ3) is 3.59. The largest absolute Gasteiger partial charge is 0.347 e. The molecule has 1 aromatic heterocycles. The predicted molar refractivity (Wildman–Crippen MR) is 78.4 cm³/mol. The standard InChI is InChI=1S/C14H17N3O2S/c1-17-8-11(4-5-13(17)18)16-14(19)10-7-12(20-9-10)3-2-6-15/h7,9,11H,4-6,8,15H2,1H3,(H,16,19). The Balaban J connectivity index is 1.95. The SMILES string of the molecule is CN1CC(NC(=O)c2csc(C#CCN)c2)CCC1=O. The van der Waals surface area contributed by atoms with E-state index in [1.165, 1.54) is 11.3 Å². The molecule has 1 fully saturated rings. The van der Waals surface area contributed by atoms with Gasteiger partial charge in [-0.05, 0) is 12.5 Å². The van der Waals surface area contributed by atoms with E-state index in [1.54, 1.807) is 23.4 Å². The molecule has 106 valence electrons. The molecule has 3 N–H and O–H groups in total. The number of likely N-dealkylation sites (N-methyl/N-ethyl adjacent to an activating group) is 1.